The summed E-state index contributed by atoms with van der Waals surface area (Å²) in [5.41, 5.74) is 0. The highest BCUT2D eigenvalue weighted by Crippen LogP contribution is 2.12. The Bertz CT molecular complexity index is 1430. The van der Waals surface area contributed by atoms with E-state index in [9.17, 15) is 14.4 Å². The van der Waals surface area contributed by atoms with Crippen molar-refractivity contribution in [2.24, 2.45) is 0 Å². The van der Waals surface area contributed by atoms with Gasteiger partial charge in [0, 0.05) is 19.3 Å². The van der Waals surface area contributed by atoms with E-state index in [1.54, 1.807) is 0 Å². The molecule has 0 amide bonds. The fourth-order valence-corrected chi connectivity index (χ4v) is 5.56. The molecule has 0 aliphatic carbocycles. The average Bonchev–Trinajstić information content (AvgIpc) is 3.26. The van der Waals surface area contributed by atoms with E-state index in [2.05, 4.69) is 99.8 Å². The SMILES string of the molecule is CC/C=C/C=C/C=C/C=C/C=C/CCCC(=O)OCC(COC(=O)CC/C=C/C/C=C/C/C=C/C/C=C/C/C=C/CC)OC(=O)CCCCCCCCC/C=C/C/C=C/CC. The molecule has 338 valence electrons. The van der Waals surface area contributed by atoms with Crippen LogP contribution in [-0.4, -0.2) is 37.2 Å². The van der Waals surface area contributed by atoms with Crippen LogP contribution in [0.5, 0.6) is 0 Å². The maximum atomic E-state index is 12.7. The topological polar surface area (TPSA) is 78.9 Å². The van der Waals surface area contributed by atoms with Crippen molar-refractivity contribution < 1.29 is 28.6 Å². The third-order valence-electron chi connectivity index (χ3n) is 8.96. The minimum Gasteiger partial charge on any atom is -0.462 e. The minimum absolute atomic E-state index is 0.148. The number of carbonyl (C=O) groups excluding carboxylic acids is 3. The number of ether oxygens (including phenoxy) is 3. The van der Waals surface area contributed by atoms with Crippen molar-refractivity contribution >= 4 is 17.9 Å². The first kappa shape index (κ1) is 56.3. The fraction of sp³-hybridized carbons (Fsp3) is 0.509. The molecule has 0 aromatic heterocycles. The van der Waals surface area contributed by atoms with E-state index in [4.69, 9.17) is 14.2 Å². The molecule has 0 bridgehead atoms. The van der Waals surface area contributed by atoms with Crippen LogP contribution in [0.25, 0.3) is 0 Å². The Balaban J connectivity index is 4.65. The first-order valence-corrected chi connectivity index (χ1v) is 23.4. The Morgan fingerprint density at radius 2 is 0.721 bits per heavy atom. The van der Waals surface area contributed by atoms with Crippen LogP contribution in [0.4, 0.5) is 0 Å². The summed E-state index contributed by atoms with van der Waals surface area (Å²) in [6, 6.07) is 0. The van der Waals surface area contributed by atoms with Crippen molar-refractivity contribution in [1.29, 1.82) is 0 Å². The summed E-state index contributed by atoms with van der Waals surface area (Å²) in [4.78, 5) is 37.8. The van der Waals surface area contributed by atoms with E-state index in [0.717, 1.165) is 89.9 Å². The number of unbranched alkanes of at least 4 members (excludes halogenated alkanes) is 8. The highest BCUT2D eigenvalue weighted by molar-refractivity contribution is 5.71. The molecule has 0 radical (unpaired) electrons. The molecule has 0 N–H and O–H groups in total. The Morgan fingerprint density at radius 1 is 0.344 bits per heavy atom. The molecule has 6 heteroatoms. The van der Waals surface area contributed by atoms with Gasteiger partial charge >= 0.3 is 17.9 Å². The van der Waals surface area contributed by atoms with E-state index in [1.807, 2.05) is 66.8 Å². The zero-order valence-electron chi connectivity index (χ0n) is 38.4. The quantitative estimate of drug-likeness (QED) is 0.0202. The van der Waals surface area contributed by atoms with Gasteiger partial charge in [-0.05, 0) is 89.9 Å². The Labute approximate surface area is 372 Å². The number of hydrogen-bond acceptors (Lipinski definition) is 6. The summed E-state index contributed by atoms with van der Waals surface area (Å²) in [5, 5.41) is 0. The number of allylic oxidation sites excluding steroid dienone is 24. The van der Waals surface area contributed by atoms with Crippen molar-refractivity contribution in [3.63, 3.8) is 0 Å². The van der Waals surface area contributed by atoms with Crippen molar-refractivity contribution in [2.75, 3.05) is 13.2 Å². The van der Waals surface area contributed by atoms with Crippen LogP contribution < -0.4 is 0 Å². The van der Waals surface area contributed by atoms with Crippen LogP contribution in [0.2, 0.25) is 0 Å². The molecule has 61 heavy (non-hydrogen) atoms. The summed E-state index contributed by atoms with van der Waals surface area (Å²) in [7, 11) is 0. The number of rotatable bonds is 39. The van der Waals surface area contributed by atoms with Crippen molar-refractivity contribution in [3.05, 3.63) is 146 Å². The monoisotopic (exact) mass is 839 g/mol. The predicted molar refractivity (Wildman–Crippen MR) is 260 cm³/mol. The number of hydrogen-bond donors (Lipinski definition) is 0. The van der Waals surface area contributed by atoms with Gasteiger partial charge in [-0.15, -0.1) is 0 Å². The van der Waals surface area contributed by atoms with Gasteiger partial charge in [0.25, 0.3) is 0 Å². The molecule has 1 unspecified atom stereocenters. The molecule has 0 aliphatic rings. The molecule has 0 saturated carbocycles. The molecular weight excluding hydrogens is 757 g/mol. The van der Waals surface area contributed by atoms with Gasteiger partial charge in [-0.25, -0.2) is 0 Å². The Hall–Kier alpha value is -4.71. The predicted octanol–water partition coefficient (Wildman–Crippen LogP) is 15.3. The Morgan fingerprint density at radius 3 is 1.25 bits per heavy atom. The molecule has 0 aromatic carbocycles. The van der Waals surface area contributed by atoms with E-state index in [1.165, 1.54) is 19.3 Å². The maximum Gasteiger partial charge on any atom is 0.306 e. The molecule has 6 nitrogen and oxygen atoms in total. The molecule has 0 aliphatic heterocycles. The van der Waals surface area contributed by atoms with Crippen molar-refractivity contribution in [3.8, 4) is 0 Å². The standard InChI is InChI=1S/C55H82O6/c1-4-7-10-13-16-19-22-25-27-28-31-33-36-39-42-45-48-54(57)60-51-52(50-59-53(56)47-44-41-38-35-32-29-24-21-18-15-12-9-6-3)61-55(58)49-46-43-40-37-34-30-26-23-20-17-14-11-8-5-2/h7-12,15-21,24-25,27,29,31-33,35,38-39,42,52H,4-6,13-14,22-23,26,28,30,34,36-37,40-41,43-51H2,1-3H3/b10-7+,11-8+,12-9+,18-15+,19-16+,20-17+,24-21+,27-25+,32-29+,33-31+,38-35+,42-39+. The van der Waals surface area contributed by atoms with Gasteiger partial charge < -0.3 is 14.2 Å². The smallest absolute Gasteiger partial charge is 0.306 e. The van der Waals surface area contributed by atoms with Crippen LogP contribution in [0.15, 0.2) is 146 Å². The first-order valence-electron chi connectivity index (χ1n) is 23.4. The van der Waals surface area contributed by atoms with Gasteiger partial charge in [0.1, 0.15) is 13.2 Å². The van der Waals surface area contributed by atoms with Crippen LogP contribution in [0.3, 0.4) is 0 Å². The van der Waals surface area contributed by atoms with Crippen LogP contribution >= 0.6 is 0 Å². The van der Waals surface area contributed by atoms with E-state index in [0.29, 0.717) is 12.8 Å². The highest BCUT2D eigenvalue weighted by Gasteiger charge is 2.19. The molecular formula is C55H82O6. The lowest BCUT2D eigenvalue weighted by atomic mass is 10.1. The zero-order valence-corrected chi connectivity index (χ0v) is 38.4. The van der Waals surface area contributed by atoms with Gasteiger partial charge in [-0.1, -0.05) is 199 Å². The zero-order chi connectivity index (χ0) is 44.4. The van der Waals surface area contributed by atoms with Gasteiger partial charge in [0.05, 0.1) is 0 Å². The molecule has 0 heterocycles. The normalized spacial score (nSPS) is 13.4. The molecule has 1 atom stereocenters. The van der Waals surface area contributed by atoms with Gasteiger partial charge in [0.2, 0.25) is 0 Å². The lowest BCUT2D eigenvalue weighted by Crippen LogP contribution is -2.30. The number of carbonyl (C=O) groups is 3. The maximum absolute atomic E-state index is 12.7. The third-order valence-corrected chi connectivity index (χ3v) is 8.96. The summed E-state index contributed by atoms with van der Waals surface area (Å²) in [6.07, 6.45) is 68.5. The molecule has 0 aromatic rings. The number of esters is 3. The van der Waals surface area contributed by atoms with E-state index in [-0.39, 0.29) is 50.4 Å². The lowest BCUT2D eigenvalue weighted by Gasteiger charge is -2.18. The molecule has 0 saturated heterocycles. The second-order valence-corrected chi connectivity index (χ2v) is 14.6. The summed E-state index contributed by atoms with van der Waals surface area (Å²) < 4.78 is 16.6. The summed E-state index contributed by atoms with van der Waals surface area (Å²) in [6.45, 7) is 6.09. The van der Waals surface area contributed by atoms with E-state index < -0.39 is 6.10 Å². The van der Waals surface area contributed by atoms with E-state index >= 15 is 0 Å². The second kappa shape index (κ2) is 48.0. The van der Waals surface area contributed by atoms with Crippen LogP contribution in [0, 0.1) is 0 Å². The molecule has 0 rings (SSSR count). The second-order valence-electron chi connectivity index (χ2n) is 14.6. The average molecular weight is 839 g/mol. The highest BCUT2D eigenvalue weighted by atomic mass is 16.6. The molecule has 0 spiro atoms. The molecule has 0 fully saturated rings. The lowest BCUT2D eigenvalue weighted by molar-refractivity contribution is -0.166. The van der Waals surface area contributed by atoms with Crippen LogP contribution in [0.1, 0.15) is 162 Å². The minimum atomic E-state index is -0.846. The van der Waals surface area contributed by atoms with Crippen molar-refractivity contribution in [1.82, 2.24) is 0 Å². The van der Waals surface area contributed by atoms with Crippen molar-refractivity contribution in [2.45, 2.75) is 168 Å². The van der Waals surface area contributed by atoms with Crippen LogP contribution in [-0.2, 0) is 28.6 Å². The Kier molecular flexibility index (Phi) is 44.3. The van der Waals surface area contributed by atoms with Gasteiger partial charge in [0.15, 0.2) is 6.10 Å². The first-order chi connectivity index (χ1) is 30.0. The van der Waals surface area contributed by atoms with Gasteiger partial charge in [-0.2, -0.15) is 0 Å². The fourth-order valence-electron chi connectivity index (χ4n) is 5.56. The summed E-state index contributed by atoms with van der Waals surface area (Å²) in [5.74, 6) is -1.12. The largest absolute Gasteiger partial charge is 0.462 e. The van der Waals surface area contributed by atoms with Gasteiger partial charge in [-0.3, -0.25) is 14.4 Å². The summed E-state index contributed by atoms with van der Waals surface area (Å²) >= 11 is 0. The third kappa shape index (κ3) is 46.2.